The van der Waals surface area contributed by atoms with Gasteiger partial charge in [0, 0.05) is 17.0 Å². The Hall–Kier alpha value is -2.23. The summed E-state index contributed by atoms with van der Waals surface area (Å²) in [6, 6.07) is 14.6. The number of fused-ring (bicyclic) bond motifs is 1. The van der Waals surface area contributed by atoms with Crippen LogP contribution in [0.25, 0.3) is 0 Å². The third-order valence-corrected chi connectivity index (χ3v) is 7.17. The van der Waals surface area contributed by atoms with E-state index < -0.39 is 10.0 Å². The van der Waals surface area contributed by atoms with Gasteiger partial charge in [0.15, 0.2) is 6.34 Å². The van der Waals surface area contributed by atoms with Gasteiger partial charge in [0.05, 0.1) is 7.05 Å². The van der Waals surface area contributed by atoms with E-state index in [1.807, 2.05) is 38.4 Å². The highest BCUT2D eigenvalue weighted by Crippen LogP contribution is 2.38. The lowest BCUT2D eigenvalue weighted by Gasteiger charge is -2.22. The second kappa shape index (κ2) is 8.96. The van der Waals surface area contributed by atoms with E-state index in [0.717, 1.165) is 23.6 Å². The van der Waals surface area contributed by atoms with E-state index in [4.69, 9.17) is 21.5 Å². The molecule has 0 bridgehead atoms. The van der Waals surface area contributed by atoms with Gasteiger partial charge in [-0.3, -0.25) is 4.48 Å². The Kier molecular flexibility index (Phi) is 6.42. The quantitative estimate of drug-likeness (QED) is 0.574. The van der Waals surface area contributed by atoms with E-state index in [1.54, 1.807) is 6.34 Å². The van der Waals surface area contributed by atoms with Crippen molar-refractivity contribution >= 4 is 28.0 Å². The highest BCUT2D eigenvalue weighted by Gasteiger charge is 2.32. The van der Waals surface area contributed by atoms with E-state index >= 15 is 0 Å². The minimum absolute atomic E-state index is 0.112. The minimum atomic E-state index is -3.81. The third kappa shape index (κ3) is 5.05. The van der Waals surface area contributed by atoms with Crippen molar-refractivity contribution in [1.29, 1.82) is 0 Å². The zero-order chi connectivity index (χ0) is 22.9. The first-order valence-corrected chi connectivity index (χ1v) is 12.4. The van der Waals surface area contributed by atoms with Crippen LogP contribution in [0.4, 0.5) is 0 Å². The molecule has 0 radical (unpaired) electrons. The summed E-state index contributed by atoms with van der Waals surface area (Å²) in [6.45, 7) is 0.939. The molecular formula is C23H28ClN4O3S+. The average molecular weight is 476 g/mol. The number of halogens is 1. The first kappa shape index (κ1) is 22.9. The molecule has 0 saturated heterocycles. The van der Waals surface area contributed by atoms with Crippen LogP contribution < -0.4 is 15.2 Å². The minimum Gasteiger partial charge on any atom is -0.488 e. The van der Waals surface area contributed by atoms with Gasteiger partial charge in [-0.25, -0.2) is 13.6 Å². The van der Waals surface area contributed by atoms with Crippen LogP contribution in [0.15, 0.2) is 58.7 Å². The second-order valence-electron chi connectivity index (χ2n) is 8.58. The highest BCUT2D eigenvalue weighted by atomic mass is 35.5. The number of hydrogen-bond acceptors (Lipinski definition) is 5. The average Bonchev–Trinajstić information content (AvgIpc) is 3.29. The zero-order valence-corrected chi connectivity index (χ0v) is 19.7. The summed E-state index contributed by atoms with van der Waals surface area (Å²) >= 11 is 6.19. The van der Waals surface area contributed by atoms with Crippen molar-refractivity contribution in [3.8, 4) is 5.75 Å². The van der Waals surface area contributed by atoms with Crippen LogP contribution in [0.1, 0.15) is 22.6 Å². The Bertz CT molecular complexity index is 1180. The van der Waals surface area contributed by atoms with Gasteiger partial charge in [-0.2, -0.15) is 4.99 Å². The molecule has 2 aromatic carbocycles. The predicted octanol–water partition coefficient (Wildman–Crippen LogP) is 2.77. The van der Waals surface area contributed by atoms with E-state index in [9.17, 15) is 8.42 Å². The molecule has 0 aromatic heterocycles. The van der Waals surface area contributed by atoms with Gasteiger partial charge in [0.25, 0.3) is 10.0 Å². The summed E-state index contributed by atoms with van der Waals surface area (Å²) in [6.07, 6.45) is 4.96. The third-order valence-electron chi connectivity index (χ3n) is 6.15. The van der Waals surface area contributed by atoms with Crippen LogP contribution in [-0.2, 0) is 22.9 Å². The molecule has 1 heterocycles. The van der Waals surface area contributed by atoms with Crippen molar-refractivity contribution in [3.63, 3.8) is 0 Å². The molecule has 3 atom stereocenters. The molecular weight excluding hydrogens is 448 g/mol. The van der Waals surface area contributed by atoms with Gasteiger partial charge in [-0.15, -0.1) is 0 Å². The summed E-state index contributed by atoms with van der Waals surface area (Å²) in [5, 5.41) is 9.27. The molecule has 9 heteroatoms. The normalized spacial score (nSPS) is 24.4. The highest BCUT2D eigenvalue weighted by molar-refractivity contribution is 7.93. The number of hydrogen-bond donors (Lipinski definition) is 2. The van der Waals surface area contributed by atoms with E-state index in [2.05, 4.69) is 28.5 Å². The Morgan fingerprint density at radius 1 is 1.28 bits per heavy atom. The smallest absolute Gasteiger partial charge is 0.261 e. The molecule has 0 spiro atoms. The predicted molar refractivity (Wildman–Crippen MR) is 127 cm³/mol. The number of primary sulfonamides is 1. The van der Waals surface area contributed by atoms with Crippen LogP contribution in [-0.4, -0.2) is 52.5 Å². The number of quaternary nitrogens is 1. The van der Waals surface area contributed by atoms with Gasteiger partial charge in [-0.05, 0) is 60.8 Å². The van der Waals surface area contributed by atoms with Crippen molar-refractivity contribution in [2.24, 2.45) is 10.1 Å². The van der Waals surface area contributed by atoms with Gasteiger partial charge in [0.2, 0.25) is 5.03 Å². The number of sulfonamides is 1. The Morgan fingerprint density at radius 3 is 2.78 bits per heavy atom. The van der Waals surface area contributed by atoms with Crippen LogP contribution >= 0.6 is 11.6 Å². The fraction of sp³-hybridized carbons (Fsp3) is 0.348. The fourth-order valence-corrected chi connectivity index (χ4v) is 5.19. The number of rotatable bonds is 8. The van der Waals surface area contributed by atoms with Gasteiger partial charge >= 0.3 is 0 Å². The Morgan fingerprint density at radius 2 is 2.09 bits per heavy atom. The SMILES string of the molecule is CNC1Cc2ccc(OCC[N+]3(C)C=NC(S(N)(=O)=O)=C3)cc2C1Cc1cccc(Cl)c1. The number of aliphatic imine (C=N–C) groups is 1. The van der Waals surface area contributed by atoms with Crippen molar-refractivity contribution in [2.45, 2.75) is 24.8 Å². The molecule has 2 aromatic rings. The summed E-state index contributed by atoms with van der Waals surface area (Å²) in [4.78, 5) is 3.93. The van der Waals surface area contributed by atoms with Crippen molar-refractivity contribution < 1.29 is 17.6 Å². The molecule has 170 valence electrons. The van der Waals surface area contributed by atoms with Crippen molar-refractivity contribution in [2.75, 3.05) is 27.2 Å². The topological polar surface area (TPSA) is 93.8 Å². The first-order chi connectivity index (χ1) is 15.2. The molecule has 3 N–H and O–H groups in total. The summed E-state index contributed by atoms with van der Waals surface area (Å²) in [5.74, 6) is 1.13. The van der Waals surface area contributed by atoms with Gasteiger partial charge in [0.1, 0.15) is 25.1 Å². The van der Waals surface area contributed by atoms with E-state index in [-0.39, 0.29) is 9.51 Å². The van der Waals surface area contributed by atoms with Crippen molar-refractivity contribution in [3.05, 3.63) is 75.4 Å². The van der Waals surface area contributed by atoms with Gasteiger partial charge in [-0.1, -0.05) is 29.8 Å². The standard InChI is InChI=1S/C23H28ClN4O3S/c1-26-22-12-17-6-7-19(13-20(17)21(22)11-16-4-3-5-18(24)10-16)31-9-8-28(2)14-23(27-15-28)32(25,29)30/h3-7,10,13-15,21-22,26H,8-9,11-12H2,1-2H3,(H2,25,29,30)/q+1. The molecule has 0 amide bonds. The largest absolute Gasteiger partial charge is 0.488 e. The molecule has 3 unspecified atom stereocenters. The summed E-state index contributed by atoms with van der Waals surface area (Å²) < 4.78 is 29.3. The lowest BCUT2D eigenvalue weighted by Crippen LogP contribution is -2.38. The molecule has 0 fully saturated rings. The maximum absolute atomic E-state index is 11.5. The molecule has 2 aliphatic rings. The van der Waals surface area contributed by atoms with Crippen LogP contribution in [0.5, 0.6) is 5.75 Å². The summed E-state index contributed by atoms with van der Waals surface area (Å²) in [5.41, 5.74) is 3.83. The van der Waals surface area contributed by atoms with Gasteiger partial charge < -0.3 is 10.1 Å². The molecule has 1 aliphatic heterocycles. The number of nitrogens with zero attached hydrogens (tertiary/aromatic N) is 2. The monoisotopic (exact) mass is 475 g/mol. The molecule has 32 heavy (non-hydrogen) atoms. The van der Waals surface area contributed by atoms with Crippen LogP contribution in [0, 0.1) is 0 Å². The van der Waals surface area contributed by atoms with Crippen molar-refractivity contribution in [1.82, 2.24) is 5.32 Å². The number of nitrogens with one attached hydrogen (secondary N) is 1. The molecule has 7 nitrogen and oxygen atoms in total. The Labute approximate surface area is 194 Å². The fourth-order valence-electron chi connectivity index (χ4n) is 4.40. The number of nitrogens with two attached hydrogens (primary N) is 1. The lowest BCUT2D eigenvalue weighted by molar-refractivity contribution is -0.756. The first-order valence-electron chi connectivity index (χ1n) is 10.5. The van der Waals surface area contributed by atoms with Crippen LogP contribution in [0.3, 0.4) is 0 Å². The molecule has 1 aliphatic carbocycles. The maximum atomic E-state index is 11.5. The number of benzene rings is 2. The summed E-state index contributed by atoms with van der Waals surface area (Å²) in [7, 11) is 0.0498. The lowest BCUT2D eigenvalue weighted by atomic mass is 9.91. The molecule has 4 rings (SSSR count). The maximum Gasteiger partial charge on any atom is 0.261 e. The Balaban J connectivity index is 1.45. The van der Waals surface area contributed by atoms with E-state index in [1.165, 1.54) is 22.9 Å². The van der Waals surface area contributed by atoms with E-state index in [0.29, 0.717) is 25.1 Å². The molecule has 0 saturated carbocycles. The number of likely N-dealkylation sites (N-methyl/N-ethyl adjacent to an activating group) is 2. The van der Waals surface area contributed by atoms with Crippen LogP contribution in [0.2, 0.25) is 5.02 Å². The zero-order valence-electron chi connectivity index (χ0n) is 18.2. The number of ether oxygens (including phenoxy) is 1. The second-order valence-corrected chi connectivity index (χ2v) is 10.5.